The number of ketones is 2. The van der Waals surface area contributed by atoms with E-state index >= 15 is 0 Å². The van der Waals surface area contributed by atoms with E-state index in [-0.39, 0.29) is 11.7 Å². The molecule has 3 unspecified atom stereocenters. The number of rotatable bonds is 5. The minimum Gasteiger partial charge on any atom is -0.307 e. The van der Waals surface area contributed by atoms with E-state index in [2.05, 4.69) is 68.4 Å². The standard InChI is InChI=1S/C13H21NO.C13H21N.C12H19NO/c1-9(2)14-11-5-4-6-12(10(3)15)13(14)8-7-11;1-9(2)10(3)12-6-4-5-11-7-8-13(12)14-11;1-8(2)12(14)10-5-3-4-9-6-7-11(10)13-9/h6,9,11,13H,4-5,7-8H2,1-3H3;6,11,13-14H,4-5,7-8H2,1-3H3;5,8-9,11,13H,3-4,6-7H2,1-2H3/t2*11-,13?;9-,11?/m000/s1. The average Bonchev–Trinajstić information content (AvgIpc) is 3.58. The fourth-order valence-corrected chi connectivity index (χ4v) is 8.30. The van der Waals surface area contributed by atoms with Crippen LogP contribution in [-0.4, -0.2) is 58.8 Å². The Kier molecular flexibility index (Phi) is 12.2. The summed E-state index contributed by atoms with van der Waals surface area (Å²) in [5.41, 5.74) is 6.67. The third-order valence-corrected chi connectivity index (χ3v) is 10.8. The van der Waals surface area contributed by atoms with Gasteiger partial charge in [-0.3, -0.25) is 14.5 Å². The smallest absolute Gasteiger partial charge is 0.162 e. The zero-order chi connectivity index (χ0) is 31.3. The van der Waals surface area contributed by atoms with Crippen molar-refractivity contribution in [3.63, 3.8) is 0 Å². The monoisotopic (exact) mass is 591 g/mol. The fourth-order valence-electron chi connectivity index (χ4n) is 8.30. The molecule has 6 aliphatic heterocycles. The van der Waals surface area contributed by atoms with Crippen molar-refractivity contribution in [2.75, 3.05) is 0 Å². The molecule has 0 aliphatic carbocycles. The zero-order valence-electron chi connectivity index (χ0n) is 28.6. The van der Waals surface area contributed by atoms with Gasteiger partial charge in [-0.25, -0.2) is 0 Å². The number of hydrogen-bond donors (Lipinski definition) is 2. The van der Waals surface area contributed by atoms with Crippen molar-refractivity contribution in [2.24, 2.45) is 5.92 Å². The molecule has 6 bridgehead atoms. The Hall–Kier alpha value is -1.82. The molecule has 2 N–H and O–H groups in total. The molecular weight excluding hydrogens is 530 g/mol. The van der Waals surface area contributed by atoms with Gasteiger partial charge in [0.2, 0.25) is 0 Å². The normalized spacial score (nSPS) is 31.3. The van der Waals surface area contributed by atoms with Gasteiger partial charge < -0.3 is 10.6 Å². The van der Waals surface area contributed by atoms with Crippen LogP contribution in [0.3, 0.4) is 0 Å². The summed E-state index contributed by atoms with van der Waals surface area (Å²) in [7, 11) is 0. The van der Waals surface area contributed by atoms with Gasteiger partial charge in [0.1, 0.15) is 0 Å². The molecule has 3 fully saturated rings. The van der Waals surface area contributed by atoms with Crippen molar-refractivity contribution in [1.29, 1.82) is 0 Å². The third kappa shape index (κ3) is 8.47. The molecule has 240 valence electrons. The summed E-state index contributed by atoms with van der Waals surface area (Å²) in [5.74, 6) is 0.749. The molecule has 6 heterocycles. The summed E-state index contributed by atoms with van der Waals surface area (Å²) in [5, 5.41) is 7.29. The number of allylic oxidation sites excluding steroid dienone is 4. The first kappa shape index (κ1) is 34.1. The van der Waals surface area contributed by atoms with Crippen LogP contribution in [-0.2, 0) is 9.59 Å². The molecule has 43 heavy (non-hydrogen) atoms. The SMILES string of the molecule is CC(=O)C1=CCC[C@H]2CCC1N2C(C)C.CC(C)=C(C)C1=CCC[C@H]2CCC1N2.CC(C)C(=O)C1=CCC[C@H]2CCC1N2. The van der Waals surface area contributed by atoms with Crippen molar-refractivity contribution in [3.05, 3.63) is 46.1 Å². The Bertz CT molecular complexity index is 1120. The van der Waals surface area contributed by atoms with Crippen LogP contribution in [0.5, 0.6) is 0 Å². The molecule has 6 aliphatic rings. The molecule has 0 aromatic heterocycles. The minimum atomic E-state index is 0.139. The molecule has 0 saturated carbocycles. The largest absolute Gasteiger partial charge is 0.307 e. The predicted molar refractivity (Wildman–Crippen MR) is 180 cm³/mol. The summed E-state index contributed by atoms with van der Waals surface area (Å²) in [6, 6.07) is 4.14. The molecule has 0 aromatic carbocycles. The summed E-state index contributed by atoms with van der Waals surface area (Å²) in [6.45, 7) is 16.9. The second-order valence-corrected chi connectivity index (χ2v) is 14.7. The Morgan fingerprint density at radius 2 is 1.21 bits per heavy atom. The van der Waals surface area contributed by atoms with E-state index in [1.807, 2.05) is 13.8 Å². The van der Waals surface area contributed by atoms with Gasteiger partial charge in [-0.15, -0.1) is 0 Å². The van der Waals surface area contributed by atoms with E-state index in [4.69, 9.17) is 0 Å². The lowest BCUT2D eigenvalue weighted by molar-refractivity contribution is -0.118. The van der Waals surface area contributed by atoms with Gasteiger partial charge in [0.05, 0.1) is 0 Å². The highest BCUT2D eigenvalue weighted by atomic mass is 16.1. The Morgan fingerprint density at radius 1 is 0.674 bits per heavy atom. The highest BCUT2D eigenvalue weighted by Crippen LogP contribution is 2.36. The number of nitrogens with zero attached hydrogens (tertiary/aromatic N) is 1. The van der Waals surface area contributed by atoms with E-state index in [0.29, 0.717) is 42.0 Å². The topological polar surface area (TPSA) is 61.4 Å². The molecule has 5 heteroatoms. The minimum absolute atomic E-state index is 0.139. The van der Waals surface area contributed by atoms with Gasteiger partial charge in [-0.2, -0.15) is 0 Å². The highest BCUT2D eigenvalue weighted by molar-refractivity contribution is 5.98. The number of nitrogens with one attached hydrogen (secondary N) is 2. The summed E-state index contributed by atoms with van der Waals surface area (Å²) >= 11 is 0. The Balaban J connectivity index is 0.000000148. The summed E-state index contributed by atoms with van der Waals surface area (Å²) in [6.07, 6.45) is 21.5. The van der Waals surface area contributed by atoms with Crippen LogP contribution in [0, 0.1) is 5.92 Å². The second kappa shape index (κ2) is 15.5. The van der Waals surface area contributed by atoms with E-state index in [9.17, 15) is 9.59 Å². The van der Waals surface area contributed by atoms with Gasteiger partial charge in [-0.05, 0) is 130 Å². The van der Waals surface area contributed by atoms with E-state index < -0.39 is 0 Å². The van der Waals surface area contributed by atoms with Crippen molar-refractivity contribution >= 4 is 11.6 Å². The molecule has 0 spiro atoms. The maximum atomic E-state index is 11.9. The molecule has 5 nitrogen and oxygen atoms in total. The van der Waals surface area contributed by atoms with Gasteiger partial charge in [-0.1, -0.05) is 37.6 Å². The van der Waals surface area contributed by atoms with Crippen LogP contribution < -0.4 is 10.6 Å². The first-order valence-corrected chi connectivity index (χ1v) is 17.6. The Morgan fingerprint density at radius 3 is 1.74 bits per heavy atom. The highest BCUT2D eigenvalue weighted by Gasteiger charge is 2.39. The average molecular weight is 592 g/mol. The van der Waals surface area contributed by atoms with E-state index in [1.54, 1.807) is 12.5 Å². The maximum absolute atomic E-state index is 11.9. The summed E-state index contributed by atoms with van der Waals surface area (Å²) < 4.78 is 0. The first-order chi connectivity index (χ1) is 20.5. The number of Topliss-reactive ketones (excluding diaryl/α,β-unsaturated/α-hetero) is 2. The van der Waals surface area contributed by atoms with Crippen molar-refractivity contribution < 1.29 is 9.59 Å². The van der Waals surface area contributed by atoms with Crippen LogP contribution in [0.1, 0.15) is 132 Å². The summed E-state index contributed by atoms with van der Waals surface area (Å²) in [4.78, 5) is 26.1. The molecular formula is C38H61N3O2. The van der Waals surface area contributed by atoms with E-state index in [0.717, 1.165) is 36.5 Å². The van der Waals surface area contributed by atoms with Crippen molar-refractivity contribution in [2.45, 2.75) is 175 Å². The van der Waals surface area contributed by atoms with Crippen LogP contribution in [0.4, 0.5) is 0 Å². The second-order valence-electron chi connectivity index (χ2n) is 14.7. The quantitative estimate of drug-likeness (QED) is 0.342. The van der Waals surface area contributed by atoms with Crippen molar-refractivity contribution in [3.8, 4) is 0 Å². The first-order valence-electron chi connectivity index (χ1n) is 17.6. The number of hydrogen-bond acceptors (Lipinski definition) is 5. The third-order valence-electron chi connectivity index (χ3n) is 10.8. The Labute approximate surface area is 263 Å². The molecule has 6 atom stereocenters. The maximum Gasteiger partial charge on any atom is 0.162 e. The van der Waals surface area contributed by atoms with Crippen molar-refractivity contribution in [1.82, 2.24) is 15.5 Å². The lowest BCUT2D eigenvalue weighted by Crippen LogP contribution is -2.42. The van der Waals surface area contributed by atoms with Crippen LogP contribution in [0.25, 0.3) is 0 Å². The van der Waals surface area contributed by atoms with Gasteiger partial charge in [0, 0.05) is 59.4 Å². The number of carbonyl (C=O) groups is 2. The molecule has 0 aromatic rings. The zero-order valence-corrected chi connectivity index (χ0v) is 28.6. The van der Waals surface area contributed by atoms with Crippen LogP contribution >= 0.6 is 0 Å². The molecule has 3 saturated heterocycles. The number of carbonyl (C=O) groups excluding carboxylic acids is 2. The predicted octanol–water partition coefficient (Wildman–Crippen LogP) is 7.77. The van der Waals surface area contributed by atoms with Gasteiger partial charge in [0.25, 0.3) is 0 Å². The van der Waals surface area contributed by atoms with Crippen LogP contribution in [0.2, 0.25) is 0 Å². The molecule has 0 amide bonds. The van der Waals surface area contributed by atoms with Crippen LogP contribution in [0.15, 0.2) is 46.1 Å². The van der Waals surface area contributed by atoms with E-state index in [1.165, 1.54) is 68.9 Å². The lowest BCUT2D eigenvalue weighted by Gasteiger charge is -2.32. The van der Waals surface area contributed by atoms with Gasteiger partial charge in [0.15, 0.2) is 11.6 Å². The lowest BCUT2D eigenvalue weighted by atomic mass is 9.92. The van der Waals surface area contributed by atoms with Gasteiger partial charge >= 0.3 is 0 Å². The molecule has 6 rings (SSSR count). The molecule has 0 radical (unpaired) electrons. The number of fused-ring (bicyclic) bond motifs is 6. The fraction of sp³-hybridized carbons (Fsp3) is 0.737.